The van der Waals surface area contributed by atoms with Crippen molar-refractivity contribution in [1.82, 2.24) is 10.2 Å². The van der Waals surface area contributed by atoms with Gasteiger partial charge >= 0.3 is 5.97 Å². The molecule has 1 aliphatic rings. The van der Waals surface area contributed by atoms with Crippen LogP contribution in [-0.2, 0) is 14.4 Å². The zero-order valence-corrected chi connectivity index (χ0v) is 15.8. The first-order chi connectivity index (χ1) is 12.3. The van der Waals surface area contributed by atoms with Crippen molar-refractivity contribution in [2.24, 2.45) is 5.92 Å². The molecular formula is C18H20Cl2N2O4. The highest BCUT2D eigenvalue weighted by Gasteiger charge is 2.28. The molecule has 1 atom stereocenters. The van der Waals surface area contributed by atoms with E-state index in [1.165, 1.54) is 13.0 Å². The van der Waals surface area contributed by atoms with Crippen LogP contribution in [0, 0.1) is 5.92 Å². The van der Waals surface area contributed by atoms with Crippen LogP contribution in [0.3, 0.4) is 0 Å². The van der Waals surface area contributed by atoms with Gasteiger partial charge < -0.3 is 15.3 Å². The van der Waals surface area contributed by atoms with Gasteiger partial charge in [0, 0.05) is 35.1 Å². The van der Waals surface area contributed by atoms with Gasteiger partial charge in [-0.2, -0.15) is 0 Å². The second-order valence-electron chi connectivity index (χ2n) is 6.20. The summed E-state index contributed by atoms with van der Waals surface area (Å²) in [5, 5.41) is 12.3. The Balaban J connectivity index is 1.87. The Morgan fingerprint density at radius 3 is 2.31 bits per heavy atom. The summed E-state index contributed by atoms with van der Waals surface area (Å²) >= 11 is 11.9. The van der Waals surface area contributed by atoms with E-state index < -0.39 is 12.0 Å². The van der Waals surface area contributed by atoms with E-state index in [4.69, 9.17) is 28.3 Å². The van der Waals surface area contributed by atoms with Crippen molar-refractivity contribution in [2.75, 3.05) is 13.1 Å². The molecule has 0 aliphatic carbocycles. The van der Waals surface area contributed by atoms with Gasteiger partial charge in [0.1, 0.15) is 6.04 Å². The second-order valence-corrected chi connectivity index (χ2v) is 7.08. The lowest BCUT2D eigenvalue weighted by atomic mass is 9.95. The van der Waals surface area contributed by atoms with Crippen molar-refractivity contribution in [3.05, 3.63) is 39.9 Å². The van der Waals surface area contributed by atoms with Crippen LogP contribution in [-0.4, -0.2) is 46.9 Å². The van der Waals surface area contributed by atoms with E-state index >= 15 is 0 Å². The molecule has 2 rings (SSSR count). The summed E-state index contributed by atoms with van der Waals surface area (Å²) in [5.41, 5.74) is 0.729. The van der Waals surface area contributed by atoms with Gasteiger partial charge in [0.25, 0.3) is 0 Å². The van der Waals surface area contributed by atoms with Crippen LogP contribution >= 0.6 is 23.2 Å². The quantitative estimate of drug-likeness (QED) is 0.746. The highest BCUT2D eigenvalue weighted by molar-refractivity contribution is 6.34. The Kier molecular flexibility index (Phi) is 7.06. The molecule has 1 aromatic carbocycles. The van der Waals surface area contributed by atoms with Crippen LogP contribution < -0.4 is 5.32 Å². The average molecular weight is 399 g/mol. The van der Waals surface area contributed by atoms with Gasteiger partial charge in [-0.1, -0.05) is 23.2 Å². The molecule has 0 bridgehead atoms. The number of likely N-dealkylation sites (tertiary alicyclic amines) is 1. The molecule has 1 saturated heterocycles. The van der Waals surface area contributed by atoms with Crippen LogP contribution in [0.15, 0.2) is 24.3 Å². The Morgan fingerprint density at radius 2 is 1.77 bits per heavy atom. The summed E-state index contributed by atoms with van der Waals surface area (Å²) in [4.78, 5) is 36.8. The minimum Gasteiger partial charge on any atom is -0.480 e. The molecule has 0 spiro atoms. The van der Waals surface area contributed by atoms with Crippen molar-refractivity contribution in [3.8, 4) is 0 Å². The number of nitrogens with zero attached hydrogens (tertiary/aromatic N) is 1. The fourth-order valence-corrected chi connectivity index (χ4v) is 3.24. The number of carbonyl (C=O) groups is 3. The Labute approximate surface area is 161 Å². The summed E-state index contributed by atoms with van der Waals surface area (Å²) in [5.74, 6) is -1.79. The molecule has 8 heteroatoms. The number of carboxylic acids is 1. The molecule has 2 amide bonds. The maximum Gasteiger partial charge on any atom is 0.325 e. The number of amides is 2. The third-order valence-corrected chi connectivity index (χ3v) is 4.65. The number of hydrogen-bond donors (Lipinski definition) is 2. The first-order valence-electron chi connectivity index (χ1n) is 8.22. The SMILES string of the molecule is CC(NC(=O)C1CCN(C(=O)/C=C/c2cc(Cl)cc(Cl)c2)CC1)C(=O)O. The number of hydrogen-bond acceptors (Lipinski definition) is 3. The largest absolute Gasteiger partial charge is 0.480 e. The third-order valence-electron chi connectivity index (χ3n) is 4.21. The number of carbonyl (C=O) groups excluding carboxylic acids is 2. The van der Waals surface area contributed by atoms with E-state index in [1.807, 2.05) is 0 Å². The highest BCUT2D eigenvalue weighted by Crippen LogP contribution is 2.21. The van der Waals surface area contributed by atoms with Crippen LogP contribution in [0.2, 0.25) is 10.0 Å². The number of aliphatic carboxylic acids is 1. The number of carboxylic acid groups (broad SMARTS) is 1. The highest BCUT2D eigenvalue weighted by atomic mass is 35.5. The fraction of sp³-hybridized carbons (Fsp3) is 0.389. The summed E-state index contributed by atoms with van der Waals surface area (Å²) in [6.07, 6.45) is 4.10. The fourth-order valence-electron chi connectivity index (χ4n) is 2.70. The molecule has 1 heterocycles. The van der Waals surface area contributed by atoms with Crippen molar-refractivity contribution < 1.29 is 19.5 Å². The molecule has 2 N–H and O–H groups in total. The lowest BCUT2D eigenvalue weighted by molar-refractivity contribution is -0.142. The lowest BCUT2D eigenvalue weighted by Crippen LogP contribution is -2.46. The van der Waals surface area contributed by atoms with Crippen LogP contribution in [0.5, 0.6) is 0 Å². The molecule has 6 nitrogen and oxygen atoms in total. The van der Waals surface area contributed by atoms with Gasteiger partial charge in [-0.25, -0.2) is 0 Å². The Hall–Kier alpha value is -2.05. The van der Waals surface area contributed by atoms with Gasteiger partial charge in [0.15, 0.2) is 0 Å². The molecule has 0 saturated carbocycles. The lowest BCUT2D eigenvalue weighted by Gasteiger charge is -2.31. The van der Waals surface area contributed by atoms with E-state index in [0.29, 0.717) is 36.0 Å². The second kappa shape index (κ2) is 9.05. The molecule has 1 aliphatic heterocycles. The number of rotatable bonds is 5. The van der Waals surface area contributed by atoms with Gasteiger partial charge in [-0.15, -0.1) is 0 Å². The maximum atomic E-state index is 12.3. The van der Waals surface area contributed by atoms with E-state index in [2.05, 4.69) is 5.32 Å². The molecule has 0 radical (unpaired) electrons. The zero-order valence-electron chi connectivity index (χ0n) is 14.2. The topological polar surface area (TPSA) is 86.7 Å². The first-order valence-corrected chi connectivity index (χ1v) is 8.98. The minimum atomic E-state index is -1.07. The van der Waals surface area contributed by atoms with Crippen LogP contribution in [0.4, 0.5) is 0 Å². The predicted molar refractivity (Wildman–Crippen MR) is 100 cm³/mol. The number of piperidine rings is 1. The molecule has 1 aromatic rings. The standard InChI is InChI=1S/C18H20Cl2N2O4/c1-11(18(25)26)21-17(24)13-4-6-22(7-5-13)16(23)3-2-12-8-14(19)10-15(20)9-12/h2-3,8-11,13H,4-7H2,1H3,(H,21,24)(H,25,26)/b3-2+. The number of halogens is 2. The minimum absolute atomic E-state index is 0.154. The van der Waals surface area contributed by atoms with Crippen LogP contribution in [0.1, 0.15) is 25.3 Å². The van der Waals surface area contributed by atoms with E-state index in [-0.39, 0.29) is 17.7 Å². The van der Waals surface area contributed by atoms with Gasteiger partial charge in [0.2, 0.25) is 11.8 Å². The van der Waals surface area contributed by atoms with Crippen LogP contribution in [0.25, 0.3) is 6.08 Å². The summed E-state index contributed by atoms with van der Waals surface area (Å²) in [6, 6.07) is 4.10. The molecule has 0 aromatic heterocycles. The number of benzene rings is 1. The van der Waals surface area contributed by atoms with Crippen molar-refractivity contribution in [1.29, 1.82) is 0 Å². The Morgan fingerprint density at radius 1 is 1.19 bits per heavy atom. The van der Waals surface area contributed by atoms with Crippen molar-refractivity contribution in [3.63, 3.8) is 0 Å². The van der Waals surface area contributed by atoms with Crippen molar-refractivity contribution in [2.45, 2.75) is 25.8 Å². The van der Waals surface area contributed by atoms with Gasteiger partial charge in [-0.05, 0) is 49.6 Å². The Bertz CT molecular complexity index is 708. The molecule has 1 fully saturated rings. The monoisotopic (exact) mass is 398 g/mol. The summed E-state index contributed by atoms with van der Waals surface area (Å²) in [7, 11) is 0. The maximum absolute atomic E-state index is 12.3. The normalized spacial score (nSPS) is 16.5. The summed E-state index contributed by atoms with van der Waals surface area (Å²) in [6.45, 7) is 2.31. The molecule has 140 valence electrons. The van der Waals surface area contributed by atoms with E-state index in [9.17, 15) is 14.4 Å². The molecular weight excluding hydrogens is 379 g/mol. The van der Waals surface area contributed by atoms with Gasteiger partial charge in [-0.3, -0.25) is 14.4 Å². The van der Waals surface area contributed by atoms with Crippen molar-refractivity contribution >= 4 is 47.1 Å². The summed E-state index contributed by atoms with van der Waals surface area (Å²) < 4.78 is 0. The molecule has 26 heavy (non-hydrogen) atoms. The van der Waals surface area contributed by atoms with E-state index in [1.54, 1.807) is 29.2 Å². The number of nitrogens with one attached hydrogen (secondary N) is 1. The average Bonchev–Trinajstić information content (AvgIpc) is 2.58. The van der Waals surface area contributed by atoms with Gasteiger partial charge in [0.05, 0.1) is 0 Å². The third kappa shape index (κ3) is 5.75. The first kappa shape index (κ1) is 20.3. The molecule has 1 unspecified atom stereocenters. The smallest absolute Gasteiger partial charge is 0.325 e. The predicted octanol–water partition coefficient (Wildman–Crippen LogP) is 2.83. The zero-order chi connectivity index (χ0) is 19.3. The van der Waals surface area contributed by atoms with E-state index in [0.717, 1.165) is 5.56 Å².